The summed E-state index contributed by atoms with van der Waals surface area (Å²) < 4.78 is 42.8. The molecule has 0 aliphatic heterocycles. The van der Waals surface area contributed by atoms with Gasteiger partial charge in [0, 0.05) is 6.07 Å². The molecule has 0 bridgehead atoms. The highest BCUT2D eigenvalue weighted by molar-refractivity contribution is 5.54. The number of hydrogen-bond acceptors (Lipinski definition) is 5. The summed E-state index contributed by atoms with van der Waals surface area (Å²) in [5.74, 6) is -0.407. The van der Waals surface area contributed by atoms with Gasteiger partial charge in [-0.15, -0.1) is 0 Å². The van der Waals surface area contributed by atoms with E-state index in [1.807, 2.05) is 0 Å². The molecule has 0 atom stereocenters. The van der Waals surface area contributed by atoms with E-state index in [9.17, 15) is 8.78 Å². The van der Waals surface area contributed by atoms with Crippen molar-refractivity contribution in [3.63, 3.8) is 0 Å². The Labute approximate surface area is 130 Å². The molecule has 23 heavy (non-hydrogen) atoms. The van der Waals surface area contributed by atoms with Crippen molar-refractivity contribution in [2.24, 2.45) is 0 Å². The summed E-state index contributed by atoms with van der Waals surface area (Å²) in [7, 11) is 1.55. The molecule has 1 aromatic heterocycles. The third-order valence-corrected chi connectivity index (χ3v) is 3.05. The van der Waals surface area contributed by atoms with Gasteiger partial charge in [-0.3, -0.25) is 0 Å². The minimum absolute atomic E-state index is 0.00720. The van der Waals surface area contributed by atoms with E-state index < -0.39 is 11.6 Å². The lowest BCUT2D eigenvalue weighted by atomic mass is 10.2. The molecule has 0 spiro atoms. The van der Waals surface area contributed by atoms with Gasteiger partial charge in [-0.2, -0.15) is 4.98 Å². The number of ether oxygens (including phenoxy) is 2. The predicted octanol–water partition coefficient (Wildman–Crippen LogP) is 3.60. The van der Waals surface area contributed by atoms with Gasteiger partial charge in [-0.1, -0.05) is 17.3 Å². The van der Waals surface area contributed by atoms with Gasteiger partial charge >= 0.3 is 0 Å². The Balaban J connectivity index is 1.75. The largest absolute Gasteiger partial charge is 0.497 e. The van der Waals surface area contributed by atoms with Crippen LogP contribution < -0.4 is 9.47 Å². The summed E-state index contributed by atoms with van der Waals surface area (Å²) in [6.45, 7) is -0.00720. The van der Waals surface area contributed by atoms with E-state index in [4.69, 9.17) is 14.0 Å². The number of hydrogen-bond donors (Lipinski definition) is 0. The van der Waals surface area contributed by atoms with Crippen LogP contribution in [0.2, 0.25) is 0 Å². The molecule has 0 fully saturated rings. The SMILES string of the molecule is COc1cccc(OCc2noc(-c3c(F)cccc3F)n2)c1. The van der Waals surface area contributed by atoms with Gasteiger partial charge in [0.2, 0.25) is 5.82 Å². The van der Waals surface area contributed by atoms with Gasteiger partial charge < -0.3 is 14.0 Å². The topological polar surface area (TPSA) is 57.4 Å². The Morgan fingerprint density at radius 1 is 1.04 bits per heavy atom. The number of benzene rings is 2. The summed E-state index contributed by atoms with van der Waals surface area (Å²) in [4.78, 5) is 3.95. The Bertz CT molecular complexity index is 800. The molecule has 0 N–H and O–H groups in total. The van der Waals surface area contributed by atoms with Crippen LogP contribution in [-0.2, 0) is 6.61 Å². The first-order chi connectivity index (χ1) is 11.2. The van der Waals surface area contributed by atoms with Crippen molar-refractivity contribution in [1.82, 2.24) is 10.1 Å². The molecule has 0 aliphatic rings. The van der Waals surface area contributed by atoms with Crippen molar-refractivity contribution >= 4 is 0 Å². The van der Waals surface area contributed by atoms with Crippen molar-refractivity contribution in [3.05, 3.63) is 59.9 Å². The van der Waals surface area contributed by atoms with Crippen molar-refractivity contribution in [2.75, 3.05) is 7.11 Å². The highest BCUT2D eigenvalue weighted by Crippen LogP contribution is 2.25. The molecule has 0 unspecified atom stereocenters. The van der Waals surface area contributed by atoms with Gasteiger partial charge in [-0.25, -0.2) is 8.78 Å². The first-order valence-electron chi connectivity index (χ1n) is 6.71. The lowest BCUT2D eigenvalue weighted by Crippen LogP contribution is -1.98. The van der Waals surface area contributed by atoms with Crippen molar-refractivity contribution in [3.8, 4) is 23.0 Å². The minimum Gasteiger partial charge on any atom is -0.497 e. The van der Waals surface area contributed by atoms with Crippen LogP contribution in [0.1, 0.15) is 5.82 Å². The molecule has 7 heteroatoms. The van der Waals surface area contributed by atoms with Gasteiger partial charge in [0.05, 0.1) is 7.11 Å². The standard InChI is InChI=1S/C16H12F2N2O3/c1-21-10-4-2-5-11(8-10)22-9-14-19-16(23-20-14)15-12(17)6-3-7-13(15)18/h2-8H,9H2,1H3. The van der Waals surface area contributed by atoms with Crippen LogP contribution in [0, 0.1) is 11.6 Å². The molecule has 3 rings (SSSR count). The molecule has 0 amide bonds. The van der Waals surface area contributed by atoms with Gasteiger partial charge in [0.25, 0.3) is 5.89 Å². The molecule has 0 radical (unpaired) electrons. The number of methoxy groups -OCH3 is 1. The molecular formula is C16H12F2N2O3. The summed E-state index contributed by atoms with van der Waals surface area (Å²) in [6.07, 6.45) is 0. The van der Waals surface area contributed by atoms with Gasteiger partial charge in [-0.05, 0) is 24.3 Å². The minimum atomic E-state index is -0.770. The fourth-order valence-electron chi connectivity index (χ4n) is 1.96. The van der Waals surface area contributed by atoms with Gasteiger partial charge in [0.15, 0.2) is 6.61 Å². The fourth-order valence-corrected chi connectivity index (χ4v) is 1.96. The molecule has 2 aromatic carbocycles. The molecule has 5 nitrogen and oxygen atoms in total. The number of nitrogens with zero attached hydrogens (tertiary/aromatic N) is 2. The monoisotopic (exact) mass is 318 g/mol. The zero-order chi connectivity index (χ0) is 16.2. The second-order valence-corrected chi connectivity index (χ2v) is 4.58. The highest BCUT2D eigenvalue weighted by atomic mass is 19.1. The zero-order valence-electron chi connectivity index (χ0n) is 12.1. The van der Waals surface area contributed by atoms with E-state index in [0.717, 1.165) is 12.1 Å². The zero-order valence-corrected chi connectivity index (χ0v) is 12.1. The van der Waals surface area contributed by atoms with E-state index in [0.29, 0.717) is 11.5 Å². The third kappa shape index (κ3) is 3.28. The lowest BCUT2D eigenvalue weighted by Gasteiger charge is -2.05. The van der Waals surface area contributed by atoms with E-state index in [1.54, 1.807) is 31.4 Å². The Morgan fingerprint density at radius 2 is 1.74 bits per heavy atom. The van der Waals surface area contributed by atoms with Crippen LogP contribution in [0.4, 0.5) is 8.78 Å². The maximum Gasteiger partial charge on any atom is 0.264 e. The summed E-state index contributed by atoms with van der Waals surface area (Å²) in [6, 6.07) is 10.5. The summed E-state index contributed by atoms with van der Waals surface area (Å²) >= 11 is 0. The molecule has 0 aliphatic carbocycles. The Kier molecular flexibility index (Phi) is 4.18. The van der Waals surface area contributed by atoms with Crippen molar-refractivity contribution in [2.45, 2.75) is 6.61 Å². The maximum absolute atomic E-state index is 13.7. The van der Waals surface area contributed by atoms with Crippen LogP contribution in [0.25, 0.3) is 11.5 Å². The van der Waals surface area contributed by atoms with Crippen LogP contribution in [0.3, 0.4) is 0 Å². The maximum atomic E-state index is 13.7. The summed E-state index contributed by atoms with van der Waals surface area (Å²) in [5.41, 5.74) is -0.354. The molecule has 1 heterocycles. The van der Waals surface area contributed by atoms with E-state index in [-0.39, 0.29) is 23.9 Å². The van der Waals surface area contributed by atoms with Crippen LogP contribution in [0.15, 0.2) is 47.0 Å². The molecule has 118 valence electrons. The van der Waals surface area contributed by atoms with Crippen LogP contribution in [-0.4, -0.2) is 17.3 Å². The molecular weight excluding hydrogens is 306 g/mol. The second kappa shape index (κ2) is 6.43. The fraction of sp³-hybridized carbons (Fsp3) is 0.125. The normalized spacial score (nSPS) is 10.6. The number of rotatable bonds is 5. The summed E-state index contributed by atoms with van der Waals surface area (Å²) in [5, 5.41) is 3.66. The smallest absolute Gasteiger partial charge is 0.264 e. The molecule has 0 saturated heterocycles. The number of aromatic nitrogens is 2. The van der Waals surface area contributed by atoms with E-state index >= 15 is 0 Å². The average Bonchev–Trinajstić information content (AvgIpc) is 3.01. The third-order valence-electron chi connectivity index (χ3n) is 3.05. The Hall–Kier alpha value is -2.96. The van der Waals surface area contributed by atoms with Crippen molar-refractivity contribution in [1.29, 1.82) is 0 Å². The average molecular weight is 318 g/mol. The molecule has 3 aromatic rings. The molecule has 0 saturated carbocycles. The van der Waals surface area contributed by atoms with Crippen LogP contribution >= 0.6 is 0 Å². The first-order valence-corrected chi connectivity index (χ1v) is 6.71. The first kappa shape index (κ1) is 15.0. The predicted molar refractivity (Wildman–Crippen MR) is 77.0 cm³/mol. The van der Waals surface area contributed by atoms with E-state index in [2.05, 4.69) is 10.1 Å². The second-order valence-electron chi connectivity index (χ2n) is 4.58. The van der Waals surface area contributed by atoms with Crippen LogP contribution in [0.5, 0.6) is 11.5 Å². The quantitative estimate of drug-likeness (QED) is 0.719. The number of halogens is 2. The highest BCUT2D eigenvalue weighted by Gasteiger charge is 2.18. The van der Waals surface area contributed by atoms with Crippen molar-refractivity contribution < 1.29 is 22.8 Å². The lowest BCUT2D eigenvalue weighted by molar-refractivity contribution is 0.285. The van der Waals surface area contributed by atoms with E-state index in [1.165, 1.54) is 6.07 Å². The Morgan fingerprint density at radius 3 is 2.48 bits per heavy atom. The van der Waals surface area contributed by atoms with Gasteiger partial charge in [0.1, 0.15) is 28.7 Å².